The monoisotopic (exact) mass is 272 g/mol. The number of allylic oxidation sites excluding steroid dienone is 1. The summed E-state index contributed by atoms with van der Waals surface area (Å²) in [5, 5.41) is 0. The molecule has 0 N–H and O–H groups in total. The third kappa shape index (κ3) is 2.22. The number of carbonyl (C=O) groups is 2. The molecule has 3 aliphatic rings. The summed E-state index contributed by atoms with van der Waals surface area (Å²) in [6.07, 6.45) is 4.31. The van der Waals surface area contributed by atoms with Gasteiger partial charge >= 0.3 is 11.9 Å². The van der Waals surface area contributed by atoms with Crippen LogP contribution in [0.15, 0.2) is 42.0 Å². The smallest absolute Gasteiger partial charge is 0.341 e. The number of hydrogen-bond donors (Lipinski definition) is 0. The Labute approximate surface area is 117 Å². The first-order valence-electron chi connectivity index (χ1n) is 6.78. The van der Waals surface area contributed by atoms with E-state index in [1.165, 1.54) is 6.92 Å². The molecule has 2 atom stereocenters. The van der Waals surface area contributed by atoms with E-state index in [2.05, 4.69) is 0 Å². The Morgan fingerprint density at radius 3 is 2.45 bits per heavy atom. The molecule has 2 bridgehead atoms. The lowest BCUT2D eigenvalue weighted by molar-refractivity contribution is -0.203. The van der Waals surface area contributed by atoms with E-state index in [4.69, 9.17) is 9.47 Å². The van der Waals surface area contributed by atoms with Crippen molar-refractivity contribution in [1.82, 2.24) is 0 Å². The van der Waals surface area contributed by atoms with E-state index < -0.39 is 17.7 Å². The minimum Gasteiger partial charge on any atom is -0.418 e. The molecule has 0 aromatic heterocycles. The number of carbonyl (C=O) groups excluding carboxylic acids is 2. The number of benzene rings is 1. The van der Waals surface area contributed by atoms with E-state index in [0.717, 1.165) is 18.4 Å². The molecule has 1 saturated carbocycles. The summed E-state index contributed by atoms with van der Waals surface area (Å²) in [6, 6.07) is 8.75. The van der Waals surface area contributed by atoms with Gasteiger partial charge in [0.25, 0.3) is 5.79 Å². The number of ether oxygens (including phenoxy) is 2. The Morgan fingerprint density at radius 1 is 1.20 bits per heavy atom. The van der Waals surface area contributed by atoms with Crippen LogP contribution in [-0.2, 0) is 14.3 Å². The van der Waals surface area contributed by atoms with E-state index in [9.17, 15) is 9.59 Å². The lowest BCUT2D eigenvalue weighted by Crippen LogP contribution is -2.48. The number of hydrogen-bond acceptors (Lipinski definition) is 4. The highest BCUT2D eigenvalue weighted by atomic mass is 16.7. The van der Waals surface area contributed by atoms with Crippen molar-refractivity contribution in [3.05, 3.63) is 47.5 Å². The van der Waals surface area contributed by atoms with Gasteiger partial charge in [-0.15, -0.1) is 0 Å². The second-order valence-corrected chi connectivity index (χ2v) is 5.30. The molecular formula is C16H16O4. The quantitative estimate of drug-likeness (QED) is 0.482. The van der Waals surface area contributed by atoms with Crippen LogP contribution in [0.1, 0.15) is 36.5 Å². The summed E-state index contributed by atoms with van der Waals surface area (Å²) >= 11 is 0. The van der Waals surface area contributed by atoms with Crippen LogP contribution in [0.5, 0.6) is 0 Å². The molecular weight excluding hydrogens is 256 g/mol. The Hall–Kier alpha value is -2.10. The van der Waals surface area contributed by atoms with Crippen molar-refractivity contribution >= 4 is 11.9 Å². The highest BCUT2D eigenvalue weighted by molar-refractivity contribution is 5.89. The molecule has 4 nitrogen and oxygen atoms in total. The van der Waals surface area contributed by atoms with Gasteiger partial charge in [-0.25, -0.2) is 4.79 Å². The zero-order chi connectivity index (χ0) is 14.2. The third-order valence-corrected chi connectivity index (χ3v) is 3.83. The summed E-state index contributed by atoms with van der Waals surface area (Å²) in [6.45, 7) is 1.34. The fourth-order valence-electron chi connectivity index (χ4n) is 2.81. The zero-order valence-electron chi connectivity index (χ0n) is 11.3. The molecule has 0 aliphatic heterocycles. The fraction of sp³-hybridized carbons (Fsp3) is 0.375. The summed E-state index contributed by atoms with van der Waals surface area (Å²) in [5.74, 6) is -1.53. The normalized spacial score (nSPS) is 27.1. The molecule has 0 amide bonds. The second-order valence-electron chi connectivity index (χ2n) is 5.30. The molecule has 104 valence electrons. The lowest BCUT2D eigenvalue weighted by atomic mass is 9.71. The third-order valence-electron chi connectivity index (χ3n) is 3.83. The minimum atomic E-state index is -1.19. The van der Waals surface area contributed by atoms with E-state index in [1.807, 2.05) is 12.1 Å². The largest absolute Gasteiger partial charge is 0.418 e. The van der Waals surface area contributed by atoms with Crippen molar-refractivity contribution < 1.29 is 19.1 Å². The summed E-state index contributed by atoms with van der Waals surface area (Å²) in [4.78, 5) is 23.6. The molecule has 0 radical (unpaired) electrons. The van der Waals surface area contributed by atoms with E-state index >= 15 is 0 Å². The second kappa shape index (κ2) is 4.78. The van der Waals surface area contributed by atoms with Crippen LogP contribution in [0, 0.1) is 5.92 Å². The van der Waals surface area contributed by atoms with E-state index in [-0.39, 0.29) is 0 Å². The Balaban J connectivity index is 1.84. The molecule has 20 heavy (non-hydrogen) atoms. The van der Waals surface area contributed by atoms with Crippen molar-refractivity contribution in [2.45, 2.75) is 32.0 Å². The fourth-order valence-corrected chi connectivity index (χ4v) is 2.81. The molecule has 3 aliphatic carbocycles. The van der Waals surface area contributed by atoms with Crippen LogP contribution in [-0.4, -0.2) is 17.7 Å². The first kappa shape index (κ1) is 12.9. The average Bonchev–Trinajstić information content (AvgIpc) is 2.37. The molecule has 0 heterocycles. The van der Waals surface area contributed by atoms with Crippen molar-refractivity contribution in [3.63, 3.8) is 0 Å². The Bertz CT molecular complexity index is 575. The topological polar surface area (TPSA) is 52.6 Å². The highest BCUT2D eigenvalue weighted by Gasteiger charge is 2.50. The number of esters is 2. The zero-order valence-corrected chi connectivity index (χ0v) is 11.3. The van der Waals surface area contributed by atoms with Crippen molar-refractivity contribution in [2.75, 3.05) is 0 Å². The van der Waals surface area contributed by atoms with Crippen LogP contribution in [0.4, 0.5) is 0 Å². The van der Waals surface area contributed by atoms with Gasteiger partial charge in [-0.1, -0.05) is 24.3 Å². The molecule has 1 fully saturated rings. The first-order chi connectivity index (χ1) is 9.59. The Kier molecular flexibility index (Phi) is 3.08. The maximum atomic E-state index is 12.2. The maximum Gasteiger partial charge on any atom is 0.341 e. The van der Waals surface area contributed by atoms with Crippen LogP contribution >= 0.6 is 0 Å². The van der Waals surface area contributed by atoms with Gasteiger partial charge in [0, 0.05) is 18.9 Å². The van der Waals surface area contributed by atoms with E-state index in [0.29, 0.717) is 17.9 Å². The standard InChI is InChI=1S/C16H16O4/c1-11(17)19-16(8-7-12-9-14(16)10-12)20-15(18)13-5-3-2-4-6-13/h2-6,9,12H,7-8,10H2,1H3. The molecule has 4 rings (SSSR count). The predicted molar refractivity (Wildman–Crippen MR) is 71.8 cm³/mol. The van der Waals surface area contributed by atoms with Gasteiger partial charge in [0.15, 0.2) is 0 Å². The van der Waals surface area contributed by atoms with Crippen molar-refractivity contribution in [2.24, 2.45) is 5.92 Å². The van der Waals surface area contributed by atoms with Gasteiger partial charge in [-0.2, -0.15) is 0 Å². The van der Waals surface area contributed by atoms with Gasteiger partial charge in [0.1, 0.15) is 0 Å². The molecule has 1 aromatic carbocycles. The van der Waals surface area contributed by atoms with Crippen LogP contribution in [0.2, 0.25) is 0 Å². The SMILES string of the molecule is CC(=O)OC1(OC(=O)c2ccccc2)CCC2C=C1C2. The average molecular weight is 272 g/mol. The van der Waals surface area contributed by atoms with Crippen molar-refractivity contribution in [3.8, 4) is 0 Å². The Morgan fingerprint density at radius 2 is 1.90 bits per heavy atom. The number of fused-ring (bicyclic) bond motifs is 2. The molecule has 1 aromatic rings. The lowest BCUT2D eigenvalue weighted by Gasteiger charge is -2.45. The maximum absolute atomic E-state index is 12.2. The van der Waals surface area contributed by atoms with Crippen molar-refractivity contribution in [1.29, 1.82) is 0 Å². The highest BCUT2D eigenvalue weighted by Crippen LogP contribution is 2.48. The van der Waals surface area contributed by atoms with E-state index in [1.54, 1.807) is 24.3 Å². The van der Waals surface area contributed by atoms with Gasteiger partial charge in [0.05, 0.1) is 5.56 Å². The molecule has 2 unspecified atom stereocenters. The molecule has 4 heteroatoms. The summed E-state index contributed by atoms with van der Waals surface area (Å²) in [7, 11) is 0. The van der Waals surface area contributed by atoms with Crippen LogP contribution < -0.4 is 0 Å². The first-order valence-corrected chi connectivity index (χ1v) is 6.78. The van der Waals surface area contributed by atoms with Crippen LogP contribution in [0.3, 0.4) is 0 Å². The summed E-state index contributed by atoms with van der Waals surface area (Å²) in [5.41, 5.74) is 1.37. The minimum absolute atomic E-state index is 0.433. The summed E-state index contributed by atoms with van der Waals surface area (Å²) < 4.78 is 10.9. The van der Waals surface area contributed by atoms with Gasteiger partial charge in [-0.05, 0) is 30.9 Å². The van der Waals surface area contributed by atoms with Gasteiger partial charge in [-0.3, -0.25) is 4.79 Å². The number of rotatable bonds is 3. The van der Waals surface area contributed by atoms with Gasteiger partial charge < -0.3 is 9.47 Å². The molecule has 0 spiro atoms. The predicted octanol–water partition coefficient (Wildman–Crippen LogP) is 2.84. The van der Waals surface area contributed by atoms with Gasteiger partial charge in [0.2, 0.25) is 0 Å². The molecule has 0 saturated heterocycles. The van der Waals surface area contributed by atoms with Crippen LogP contribution in [0.25, 0.3) is 0 Å².